The van der Waals surface area contributed by atoms with Gasteiger partial charge >= 0.3 is 0 Å². The number of phenols is 2. The van der Waals surface area contributed by atoms with Gasteiger partial charge in [0.05, 0.1) is 0 Å². The van der Waals surface area contributed by atoms with Gasteiger partial charge < -0.3 is 20.9 Å². The molecule has 0 fully saturated rings. The van der Waals surface area contributed by atoms with Crippen LogP contribution in [0.15, 0.2) is 18.2 Å². The Kier molecular flexibility index (Phi) is 2.30. The Bertz CT molecular complexity index is 249. The van der Waals surface area contributed by atoms with Crippen molar-refractivity contribution >= 4 is 0 Å². The molecule has 3 N–H and O–H groups in total. The summed E-state index contributed by atoms with van der Waals surface area (Å²) < 4.78 is 0. The van der Waals surface area contributed by atoms with E-state index in [0.717, 1.165) is 0 Å². The summed E-state index contributed by atoms with van der Waals surface area (Å²) in [5.41, 5.74) is 2.12. The van der Waals surface area contributed by atoms with Gasteiger partial charge in [-0.05, 0) is 6.07 Å². The minimum atomic E-state index is -0.0756. The highest BCUT2D eigenvalue weighted by atomic mass is 16.5. The highest BCUT2D eigenvalue weighted by molar-refractivity contribution is 5.38. The zero-order valence-corrected chi connectivity index (χ0v) is 5.74. The molecule has 1 rings (SSSR count). The average molecular weight is 154 g/mol. The first-order valence-electron chi connectivity index (χ1n) is 3.10. The van der Waals surface area contributed by atoms with Crippen LogP contribution < -0.4 is 5.48 Å². The second kappa shape index (κ2) is 3.23. The second-order valence-electron chi connectivity index (χ2n) is 2.13. The van der Waals surface area contributed by atoms with Crippen LogP contribution in [-0.4, -0.2) is 10.2 Å². The fourth-order valence-electron chi connectivity index (χ4n) is 0.779. The lowest BCUT2D eigenvalue weighted by molar-refractivity contribution is 0.445. The van der Waals surface area contributed by atoms with Gasteiger partial charge in [0.1, 0.15) is 11.5 Å². The molecule has 11 heavy (non-hydrogen) atoms. The number of rotatable bonds is 2. The van der Waals surface area contributed by atoms with Crippen LogP contribution in [0.2, 0.25) is 0 Å². The van der Waals surface area contributed by atoms with Gasteiger partial charge in [-0.3, -0.25) is 0 Å². The van der Waals surface area contributed by atoms with E-state index in [-0.39, 0.29) is 18.0 Å². The molecule has 0 amide bonds. The topological polar surface area (TPSA) is 75.5 Å². The van der Waals surface area contributed by atoms with E-state index in [4.69, 9.17) is 10.2 Å². The first-order valence-corrected chi connectivity index (χ1v) is 3.10. The fourth-order valence-corrected chi connectivity index (χ4v) is 0.779. The summed E-state index contributed by atoms with van der Waals surface area (Å²) in [6.45, 7) is 0.0477. The van der Waals surface area contributed by atoms with Crippen molar-refractivity contribution in [3.05, 3.63) is 29.0 Å². The standard InChI is InChI=1S/C7H8NO3/c9-6-2-1-5(4-8-11)7(10)3-6/h1-3,8-10H,4H2/q-1. The Hall–Kier alpha value is -1.26. The molecule has 0 heterocycles. The number of phenolic OH excluding ortho intramolecular Hbond substituents is 2. The molecule has 0 unspecified atom stereocenters. The van der Waals surface area contributed by atoms with Gasteiger partial charge in [-0.15, -0.1) is 0 Å². The first kappa shape index (κ1) is 7.84. The summed E-state index contributed by atoms with van der Waals surface area (Å²) in [7, 11) is 0. The van der Waals surface area contributed by atoms with E-state index >= 15 is 0 Å². The molecule has 60 valence electrons. The van der Waals surface area contributed by atoms with Gasteiger partial charge in [0, 0.05) is 18.2 Å². The molecular formula is C7H8NO3-. The van der Waals surface area contributed by atoms with Crippen molar-refractivity contribution in [2.24, 2.45) is 0 Å². The number of benzene rings is 1. The average Bonchev–Trinajstić information content (AvgIpc) is 1.95. The SMILES string of the molecule is [O-]NCc1ccc(O)cc1O. The Labute approximate surface area is 63.7 Å². The molecule has 0 radical (unpaired) electrons. The predicted molar refractivity (Wildman–Crippen MR) is 40.0 cm³/mol. The van der Waals surface area contributed by atoms with Crippen LogP contribution >= 0.6 is 0 Å². The Morgan fingerprint density at radius 2 is 2.09 bits per heavy atom. The maximum absolute atomic E-state index is 9.91. The van der Waals surface area contributed by atoms with Gasteiger partial charge in [0.2, 0.25) is 0 Å². The summed E-state index contributed by atoms with van der Waals surface area (Å²) in [6, 6.07) is 4.08. The molecule has 0 aromatic heterocycles. The molecule has 4 heteroatoms. The molecule has 0 bridgehead atoms. The number of nitrogens with one attached hydrogen (secondary N) is 1. The highest BCUT2D eigenvalue weighted by Gasteiger charge is 1.98. The molecule has 0 spiro atoms. The second-order valence-corrected chi connectivity index (χ2v) is 2.13. The lowest BCUT2D eigenvalue weighted by Crippen LogP contribution is -2.02. The van der Waals surface area contributed by atoms with Gasteiger partial charge in [-0.2, -0.15) is 0 Å². The largest absolute Gasteiger partial charge is 0.788 e. The van der Waals surface area contributed by atoms with Crippen LogP contribution in [0.5, 0.6) is 11.5 Å². The third kappa shape index (κ3) is 1.83. The molecular weight excluding hydrogens is 146 g/mol. The van der Waals surface area contributed by atoms with Crippen molar-refractivity contribution in [2.75, 3.05) is 0 Å². The lowest BCUT2D eigenvalue weighted by Gasteiger charge is -2.08. The van der Waals surface area contributed by atoms with Crippen LogP contribution in [0.1, 0.15) is 5.56 Å². The quantitative estimate of drug-likeness (QED) is 0.547. The number of aromatic hydroxyl groups is 2. The van der Waals surface area contributed by atoms with Crippen LogP contribution in [0.4, 0.5) is 0 Å². The predicted octanol–water partition coefficient (Wildman–Crippen LogP) is 0.685. The van der Waals surface area contributed by atoms with Gasteiger partial charge in [0.15, 0.2) is 0 Å². The van der Waals surface area contributed by atoms with Crippen LogP contribution in [-0.2, 0) is 6.54 Å². The molecule has 0 saturated heterocycles. The zero-order valence-electron chi connectivity index (χ0n) is 5.74. The first-order chi connectivity index (χ1) is 5.24. The van der Waals surface area contributed by atoms with E-state index in [0.29, 0.717) is 5.56 Å². The van der Waals surface area contributed by atoms with Gasteiger partial charge in [-0.1, -0.05) is 6.07 Å². The van der Waals surface area contributed by atoms with E-state index in [1.54, 1.807) is 5.48 Å². The van der Waals surface area contributed by atoms with Crippen molar-refractivity contribution in [3.63, 3.8) is 0 Å². The molecule has 0 aliphatic carbocycles. The third-order valence-electron chi connectivity index (χ3n) is 1.33. The summed E-state index contributed by atoms with van der Waals surface area (Å²) in [6.07, 6.45) is 0. The van der Waals surface area contributed by atoms with Gasteiger partial charge in [0.25, 0.3) is 0 Å². The molecule has 0 aliphatic rings. The van der Waals surface area contributed by atoms with Gasteiger partial charge in [-0.25, -0.2) is 0 Å². The van der Waals surface area contributed by atoms with Crippen LogP contribution in [0, 0.1) is 5.21 Å². The Morgan fingerprint density at radius 3 is 2.64 bits per heavy atom. The molecule has 0 aliphatic heterocycles. The Morgan fingerprint density at radius 1 is 1.36 bits per heavy atom. The minimum absolute atomic E-state index is 0.0165. The summed E-state index contributed by atoms with van der Waals surface area (Å²) in [4.78, 5) is 0. The monoisotopic (exact) mass is 154 g/mol. The van der Waals surface area contributed by atoms with Crippen molar-refractivity contribution in [1.29, 1.82) is 0 Å². The van der Waals surface area contributed by atoms with Crippen molar-refractivity contribution in [2.45, 2.75) is 6.54 Å². The summed E-state index contributed by atoms with van der Waals surface area (Å²) in [5.74, 6) is -0.0921. The lowest BCUT2D eigenvalue weighted by atomic mass is 10.2. The minimum Gasteiger partial charge on any atom is -0.788 e. The van der Waals surface area contributed by atoms with E-state index in [2.05, 4.69) is 0 Å². The van der Waals surface area contributed by atoms with E-state index in [1.807, 2.05) is 0 Å². The fraction of sp³-hybridized carbons (Fsp3) is 0.143. The highest BCUT2D eigenvalue weighted by Crippen LogP contribution is 2.21. The van der Waals surface area contributed by atoms with Crippen molar-refractivity contribution in [3.8, 4) is 11.5 Å². The normalized spacial score (nSPS) is 9.91. The molecule has 1 aromatic rings. The summed E-state index contributed by atoms with van der Waals surface area (Å²) in [5, 5.41) is 27.8. The van der Waals surface area contributed by atoms with Crippen LogP contribution in [0.25, 0.3) is 0 Å². The maximum atomic E-state index is 9.91. The molecule has 0 atom stereocenters. The van der Waals surface area contributed by atoms with Crippen molar-refractivity contribution < 1.29 is 10.2 Å². The molecule has 0 saturated carbocycles. The summed E-state index contributed by atoms with van der Waals surface area (Å²) >= 11 is 0. The molecule has 4 nitrogen and oxygen atoms in total. The zero-order chi connectivity index (χ0) is 8.27. The van der Waals surface area contributed by atoms with Crippen LogP contribution in [0.3, 0.4) is 0 Å². The van der Waals surface area contributed by atoms with E-state index in [9.17, 15) is 5.21 Å². The Balaban J connectivity index is 2.90. The van der Waals surface area contributed by atoms with E-state index < -0.39 is 0 Å². The number of hydrogen-bond donors (Lipinski definition) is 3. The third-order valence-corrected chi connectivity index (χ3v) is 1.33. The van der Waals surface area contributed by atoms with E-state index in [1.165, 1.54) is 18.2 Å². The smallest absolute Gasteiger partial charge is 0.123 e. The maximum Gasteiger partial charge on any atom is 0.123 e. The molecule has 1 aromatic carbocycles. The number of hydroxylamine groups is 1. The van der Waals surface area contributed by atoms with Crippen molar-refractivity contribution in [1.82, 2.24) is 5.48 Å². The number of hydrogen-bond acceptors (Lipinski definition) is 4.